The van der Waals surface area contributed by atoms with E-state index in [9.17, 15) is 9.90 Å². The van der Waals surface area contributed by atoms with Gasteiger partial charge in [-0.1, -0.05) is 13.8 Å². The quantitative estimate of drug-likeness (QED) is 0.829. The van der Waals surface area contributed by atoms with Gasteiger partial charge in [-0.3, -0.25) is 9.69 Å². The van der Waals surface area contributed by atoms with Gasteiger partial charge in [-0.05, 0) is 45.0 Å². The second-order valence-electron chi connectivity index (χ2n) is 7.59. The van der Waals surface area contributed by atoms with Gasteiger partial charge in [0.2, 0.25) is 0 Å². The van der Waals surface area contributed by atoms with Gasteiger partial charge in [-0.25, -0.2) is 0 Å². The Hall–Kier alpha value is -1.04. The van der Waals surface area contributed by atoms with Crippen molar-refractivity contribution in [2.45, 2.75) is 56.4 Å². The van der Waals surface area contributed by atoms with Crippen molar-refractivity contribution in [3.8, 4) is 0 Å². The maximum atomic E-state index is 12.8. The molecule has 0 saturated carbocycles. The number of hydrogen-bond acceptors (Lipinski definition) is 4. The lowest BCUT2D eigenvalue weighted by Gasteiger charge is -2.41. The van der Waals surface area contributed by atoms with Crippen molar-refractivity contribution in [2.24, 2.45) is 0 Å². The van der Waals surface area contributed by atoms with E-state index in [1.807, 2.05) is 43.0 Å². The molecule has 0 spiro atoms. The maximum Gasteiger partial charge on any atom is 0.254 e. The Labute approximate surface area is 150 Å². The minimum absolute atomic E-state index is 0.103. The minimum Gasteiger partial charge on any atom is -0.389 e. The van der Waals surface area contributed by atoms with Crippen LogP contribution in [-0.4, -0.2) is 63.9 Å². The van der Waals surface area contributed by atoms with Gasteiger partial charge in [-0.2, -0.15) is 0 Å². The molecule has 1 aromatic rings. The third-order valence-corrected chi connectivity index (χ3v) is 5.07. The lowest BCUT2D eigenvalue weighted by molar-refractivity contribution is 0.00578. The highest BCUT2D eigenvalue weighted by Gasteiger charge is 2.30. The topological polar surface area (TPSA) is 43.8 Å². The molecule has 1 saturated heterocycles. The van der Waals surface area contributed by atoms with Crippen LogP contribution in [0.1, 0.15) is 45.0 Å². The molecule has 1 aliphatic rings. The van der Waals surface area contributed by atoms with Crippen molar-refractivity contribution in [3.63, 3.8) is 0 Å². The van der Waals surface area contributed by atoms with Crippen LogP contribution in [0.4, 0.5) is 0 Å². The molecular weight excluding hydrogens is 320 g/mol. The number of β-amino-alcohol motifs (C(OH)–C–C–N with tert-alkyl or cyclic N) is 1. The zero-order valence-corrected chi connectivity index (χ0v) is 16.3. The van der Waals surface area contributed by atoms with Crippen molar-refractivity contribution in [3.05, 3.63) is 29.8 Å². The molecule has 1 N–H and O–H groups in total. The first-order valence-electron chi connectivity index (χ1n) is 8.68. The van der Waals surface area contributed by atoms with Crippen LogP contribution >= 0.6 is 11.8 Å². The molecule has 1 aliphatic heterocycles. The summed E-state index contributed by atoms with van der Waals surface area (Å²) in [6.45, 7) is 13.0. The highest BCUT2D eigenvalue weighted by atomic mass is 32.2. The highest BCUT2D eigenvalue weighted by Crippen LogP contribution is 2.24. The molecule has 1 atom stereocenters. The molecule has 4 nitrogen and oxygen atoms in total. The van der Waals surface area contributed by atoms with Crippen molar-refractivity contribution >= 4 is 17.7 Å². The second-order valence-corrected chi connectivity index (χ2v) is 9.24. The van der Waals surface area contributed by atoms with Gasteiger partial charge in [0.1, 0.15) is 0 Å². The highest BCUT2D eigenvalue weighted by molar-refractivity contribution is 7.99. The number of rotatable bonds is 5. The normalized spacial score (nSPS) is 19.8. The molecule has 5 heteroatoms. The SMILES string of the molecule is CC(C)Sc1ccc(C(=O)N2CCN(CC(C)(C)O)C[C@H]2C)cc1. The van der Waals surface area contributed by atoms with E-state index in [1.165, 1.54) is 4.90 Å². The third kappa shape index (κ3) is 5.50. The Morgan fingerprint density at radius 1 is 1.29 bits per heavy atom. The smallest absolute Gasteiger partial charge is 0.254 e. The zero-order chi connectivity index (χ0) is 17.9. The molecule has 1 aromatic carbocycles. The van der Waals surface area contributed by atoms with Crippen molar-refractivity contribution in [1.82, 2.24) is 9.80 Å². The van der Waals surface area contributed by atoms with Gasteiger partial charge >= 0.3 is 0 Å². The Balaban J connectivity index is 1.98. The number of nitrogens with zero attached hydrogens (tertiary/aromatic N) is 2. The van der Waals surface area contributed by atoms with Gasteiger partial charge < -0.3 is 10.0 Å². The molecule has 1 fully saturated rings. The molecule has 0 radical (unpaired) electrons. The average molecular weight is 351 g/mol. The van der Waals surface area contributed by atoms with Crippen molar-refractivity contribution < 1.29 is 9.90 Å². The van der Waals surface area contributed by atoms with E-state index in [2.05, 4.69) is 25.7 Å². The van der Waals surface area contributed by atoms with Crippen molar-refractivity contribution in [2.75, 3.05) is 26.2 Å². The number of piperazine rings is 1. The number of aliphatic hydroxyl groups is 1. The summed E-state index contributed by atoms with van der Waals surface area (Å²) in [5.41, 5.74) is 0.0569. The monoisotopic (exact) mass is 350 g/mol. The summed E-state index contributed by atoms with van der Waals surface area (Å²) in [5.74, 6) is 0.103. The first-order chi connectivity index (χ1) is 11.2. The summed E-state index contributed by atoms with van der Waals surface area (Å²) < 4.78 is 0. The number of carbonyl (C=O) groups is 1. The minimum atomic E-state index is -0.699. The lowest BCUT2D eigenvalue weighted by Crippen LogP contribution is -2.56. The number of benzene rings is 1. The molecule has 2 rings (SSSR count). The summed E-state index contributed by atoms with van der Waals surface area (Å²) in [4.78, 5) is 18.2. The number of hydrogen-bond donors (Lipinski definition) is 1. The average Bonchev–Trinajstić information content (AvgIpc) is 2.45. The fourth-order valence-electron chi connectivity index (χ4n) is 3.14. The zero-order valence-electron chi connectivity index (χ0n) is 15.5. The van der Waals surface area contributed by atoms with Gasteiger partial charge in [0.05, 0.1) is 5.60 Å². The summed E-state index contributed by atoms with van der Waals surface area (Å²) in [5, 5.41) is 10.5. The fraction of sp³-hybridized carbons (Fsp3) is 0.632. The first kappa shape index (κ1) is 19.3. The summed E-state index contributed by atoms with van der Waals surface area (Å²) in [6, 6.07) is 8.09. The van der Waals surface area contributed by atoms with Gasteiger partial charge in [0.15, 0.2) is 0 Å². The van der Waals surface area contributed by atoms with E-state index in [-0.39, 0.29) is 11.9 Å². The van der Waals surface area contributed by atoms with Crippen LogP contribution in [0, 0.1) is 0 Å². The summed E-state index contributed by atoms with van der Waals surface area (Å²) in [6.07, 6.45) is 0. The third-order valence-electron chi connectivity index (χ3n) is 4.06. The Kier molecular flexibility index (Phi) is 6.34. The van der Waals surface area contributed by atoms with Gasteiger partial charge in [0, 0.05) is 47.9 Å². The standard InChI is InChI=1S/C19H30N2O2S/c1-14(2)24-17-8-6-16(7-9-17)18(22)21-11-10-20(12-15(21)3)13-19(4,5)23/h6-9,14-15,23H,10-13H2,1-5H3/t15-/m1/s1. The predicted molar refractivity (Wildman–Crippen MR) is 101 cm³/mol. The van der Waals surface area contributed by atoms with E-state index < -0.39 is 5.60 Å². The number of thioether (sulfide) groups is 1. The second kappa shape index (κ2) is 7.89. The molecule has 1 heterocycles. The molecular formula is C19H30N2O2S. The van der Waals surface area contributed by atoms with E-state index in [0.29, 0.717) is 18.3 Å². The van der Waals surface area contributed by atoms with Crippen LogP contribution in [0.5, 0.6) is 0 Å². The van der Waals surface area contributed by atoms with E-state index in [0.717, 1.165) is 18.7 Å². The van der Waals surface area contributed by atoms with Gasteiger partial charge in [-0.15, -0.1) is 11.8 Å². The molecule has 24 heavy (non-hydrogen) atoms. The Bertz CT molecular complexity index is 551. The van der Waals surface area contributed by atoms with Crippen LogP contribution < -0.4 is 0 Å². The lowest BCUT2D eigenvalue weighted by atomic mass is 10.1. The van der Waals surface area contributed by atoms with E-state index >= 15 is 0 Å². The summed E-state index contributed by atoms with van der Waals surface area (Å²) >= 11 is 1.81. The van der Waals surface area contributed by atoms with Crippen molar-refractivity contribution in [1.29, 1.82) is 0 Å². The summed E-state index contributed by atoms with van der Waals surface area (Å²) in [7, 11) is 0. The Morgan fingerprint density at radius 3 is 2.42 bits per heavy atom. The Morgan fingerprint density at radius 2 is 1.92 bits per heavy atom. The molecule has 0 aromatic heterocycles. The maximum absolute atomic E-state index is 12.8. The van der Waals surface area contributed by atoms with Crippen LogP contribution in [-0.2, 0) is 0 Å². The van der Waals surface area contributed by atoms with Gasteiger partial charge in [0.25, 0.3) is 5.91 Å². The molecule has 0 bridgehead atoms. The predicted octanol–water partition coefficient (Wildman–Crippen LogP) is 3.10. The van der Waals surface area contributed by atoms with E-state index in [1.54, 1.807) is 11.8 Å². The molecule has 134 valence electrons. The van der Waals surface area contributed by atoms with Crippen LogP contribution in [0.3, 0.4) is 0 Å². The largest absolute Gasteiger partial charge is 0.389 e. The van der Waals surface area contributed by atoms with Crippen LogP contribution in [0.15, 0.2) is 29.2 Å². The molecule has 0 unspecified atom stereocenters. The van der Waals surface area contributed by atoms with Crippen LogP contribution in [0.2, 0.25) is 0 Å². The van der Waals surface area contributed by atoms with E-state index in [4.69, 9.17) is 0 Å². The number of amides is 1. The van der Waals surface area contributed by atoms with Crippen LogP contribution in [0.25, 0.3) is 0 Å². The molecule has 1 amide bonds. The molecule has 0 aliphatic carbocycles. The number of carbonyl (C=O) groups excluding carboxylic acids is 1. The fourth-order valence-corrected chi connectivity index (χ4v) is 3.98. The first-order valence-corrected chi connectivity index (χ1v) is 9.56.